The lowest BCUT2D eigenvalue weighted by Crippen LogP contribution is -2.42. The SMILES string of the molecule is CC(C)(C)OC(=O)N1CCCC1COc1ccc(N)nc1. The van der Waals surface area contributed by atoms with Crippen LogP contribution in [-0.2, 0) is 4.74 Å². The highest BCUT2D eigenvalue weighted by Gasteiger charge is 2.32. The van der Waals surface area contributed by atoms with Crippen molar-refractivity contribution < 1.29 is 14.3 Å². The standard InChI is InChI=1S/C15H23N3O3/c1-15(2,3)21-14(19)18-8-4-5-11(18)10-20-12-6-7-13(16)17-9-12/h6-7,9,11H,4-5,8,10H2,1-3H3,(H2,16,17). The summed E-state index contributed by atoms with van der Waals surface area (Å²) >= 11 is 0. The van der Waals surface area contributed by atoms with Crippen molar-refractivity contribution in [2.75, 3.05) is 18.9 Å². The van der Waals surface area contributed by atoms with Crippen molar-refractivity contribution >= 4 is 11.9 Å². The molecule has 6 heteroatoms. The third kappa shape index (κ3) is 4.51. The maximum atomic E-state index is 12.1. The second-order valence-corrected chi connectivity index (χ2v) is 6.20. The van der Waals surface area contributed by atoms with E-state index in [4.69, 9.17) is 15.2 Å². The van der Waals surface area contributed by atoms with Gasteiger partial charge in [0.1, 0.15) is 23.8 Å². The number of amides is 1. The monoisotopic (exact) mass is 293 g/mol. The van der Waals surface area contributed by atoms with Gasteiger partial charge in [-0.25, -0.2) is 9.78 Å². The number of hydrogen-bond donors (Lipinski definition) is 1. The zero-order valence-electron chi connectivity index (χ0n) is 12.8. The molecule has 116 valence electrons. The molecule has 2 N–H and O–H groups in total. The molecule has 0 aliphatic carbocycles. The molecule has 1 aliphatic heterocycles. The molecule has 2 rings (SSSR count). The lowest BCUT2D eigenvalue weighted by atomic mass is 10.2. The van der Waals surface area contributed by atoms with Crippen LogP contribution in [0.15, 0.2) is 18.3 Å². The van der Waals surface area contributed by atoms with E-state index in [0.717, 1.165) is 12.8 Å². The quantitative estimate of drug-likeness (QED) is 0.926. The number of nitrogen functional groups attached to an aromatic ring is 1. The summed E-state index contributed by atoms with van der Waals surface area (Å²) in [4.78, 5) is 17.9. The van der Waals surface area contributed by atoms with Crippen LogP contribution >= 0.6 is 0 Å². The minimum atomic E-state index is -0.480. The largest absolute Gasteiger partial charge is 0.490 e. The van der Waals surface area contributed by atoms with Gasteiger partial charge in [0.05, 0.1) is 12.2 Å². The van der Waals surface area contributed by atoms with Crippen LogP contribution in [0, 0.1) is 0 Å². The van der Waals surface area contributed by atoms with Gasteiger partial charge >= 0.3 is 6.09 Å². The molecule has 0 saturated carbocycles. The van der Waals surface area contributed by atoms with Crippen LogP contribution in [0.25, 0.3) is 0 Å². The lowest BCUT2D eigenvalue weighted by Gasteiger charge is -2.28. The van der Waals surface area contributed by atoms with E-state index >= 15 is 0 Å². The van der Waals surface area contributed by atoms with Gasteiger partial charge in [-0.15, -0.1) is 0 Å². The third-order valence-electron chi connectivity index (χ3n) is 3.21. The highest BCUT2D eigenvalue weighted by molar-refractivity contribution is 5.69. The van der Waals surface area contributed by atoms with Crippen molar-refractivity contribution in [3.8, 4) is 5.75 Å². The zero-order valence-corrected chi connectivity index (χ0v) is 12.8. The number of anilines is 1. The van der Waals surface area contributed by atoms with Gasteiger partial charge in [-0.2, -0.15) is 0 Å². The number of likely N-dealkylation sites (tertiary alicyclic amines) is 1. The van der Waals surface area contributed by atoms with Crippen LogP contribution in [0.5, 0.6) is 5.75 Å². The molecule has 2 heterocycles. The van der Waals surface area contributed by atoms with Gasteiger partial charge in [0, 0.05) is 6.54 Å². The van der Waals surface area contributed by atoms with Crippen molar-refractivity contribution in [2.24, 2.45) is 0 Å². The number of carbonyl (C=O) groups excluding carboxylic acids is 1. The number of pyridine rings is 1. The molecule has 1 aromatic heterocycles. The van der Waals surface area contributed by atoms with E-state index < -0.39 is 5.60 Å². The Hall–Kier alpha value is -1.98. The molecule has 0 spiro atoms. The van der Waals surface area contributed by atoms with Gasteiger partial charge in [0.25, 0.3) is 0 Å². The fourth-order valence-electron chi connectivity index (χ4n) is 2.24. The summed E-state index contributed by atoms with van der Waals surface area (Å²) in [6.07, 6.45) is 3.20. The van der Waals surface area contributed by atoms with Crippen molar-refractivity contribution in [1.29, 1.82) is 0 Å². The summed E-state index contributed by atoms with van der Waals surface area (Å²) in [7, 11) is 0. The first-order valence-corrected chi connectivity index (χ1v) is 7.19. The molecule has 1 aliphatic rings. The fourth-order valence-corrected chi connectivity index (χ4v) is 2.24. The molecule has 21 heavy (non-hydrogen) atoms. The second kappa shape index (κ2) is 6.20. The van der Waals surface area contributed by atoms with Crippen LogP contribution in [0.1, 0.15) is 33.6 Å². The van der Waals surface area contributed by atoms with Crippen LogP contribution in [0.2, 0.25) is 0 Å². The Morgan fingerprint density at radius 1 is 1.48 bits per heavy atom. The molecular formula is C15H23N3O3. The zero-order chi connectivity index (χ0) is 15.5. The number of hydrogen-bond acceptors (Lipinski definition) is 5. The van der Waals surface area contributed by atoms with E-state index in [1.165, 1.54) is 0 Å². The van der Waals surface area contributed by atoms with E-state index in [2.05, 4.69) is 4.98 Å². The number of rotatable bonds is 3. The van der Waals surface area contributed by atoms with Gasteiger partial charge < -0.3 is 20.1 Å². The fraction of sp³-hybridized carbons (Fsp3) is 0.600. The molecule has 1 atom stereocenters. The summed E-state index contributed by atoms with van der Waals surface area (Å²) in [5.74, 6) is 1.11. The summed E-state index contributed by atoms with van der Waals surface area (Å²) in [6, 6.07) is 3.50. The highest BCUT2D eigenvalue weighted by atomic mass is 16.6. The molecular weight excluding hydrogens is 270 g/mol. The Balaban J connectivity index is 1.90. The van der Waals surface area contributed by atoms with Crippen molar-refractivity contribution in [3.63, 3.8) is 0 Å². The first-order valence-electron chi connectivity index (χ1n) is 7.19. The second-order valence-electron chi connectivity index (χ2n) is 6.20. The van der Waals surface area contributed by atoms with Crippen molar-refractivity contribution in [2.45, 2.75) is 45.3 Å². The van der Waals surface area contributed by atoms with Crippen LogP contribution < -0.4 is 10.5 Å². The molecule has 0 radical (unpaired) electrons. The van der Waals surface area contributed by atoms with Crippen molar-refractivity contribution in [1.82, 2.24) is 9.88 Å². The predicted octanol–water partition coefficient (Wildman–Crippen LogP) is 2.44. The van der Waals surface area contributed by atoms with Gasteiger partial charge in [0.15, 0.2) is 0 Å². The molecule has 1 fully saturated rings. The van der Waals surface area contributed by atoms with E-state index in [1.54, 1.807) is 23.2 Å². The Kier molecular flexibility index (Phi) is 4.55. The smallest absolute Gasteiger partial charge is 0.410 e. The normalized spacial score (nSPS) is 18.6. The third-order valence-corrected chi connectivity index (χ3v) is 3.21. The highest BCUT2D eigenvalue weighted by Crippen LogP contribution is 2.22. The lowest BCUT2D eigenvalue weighted by molar-refractivity contribution is 0.0187. The molecule has 1 unspecified atom stereocenters. The Bertz CT molecular complexity index is 482. The topological polar surface area (TPSA) is 77.7 Å². The summed E-state index contributed by atoms with van der Waals surface area (Å²) < 4.78 is 11.1. The predicted molar refractivity (Wildman–Crippen MR) is 80.1 cm³/mol. The van der Waals surface area contributed by atoms with E-state index in [9.17, 15) is 4.79 Å². The minimum Gasteiger partial charge on any atom is -0.490 e. The molecule has 0 aromatic carbocycles. The Morgan fingerprint density at radius 3 is 2.86 bits per heavy atom. The Labute approximate surface area is 125 Å². The van der Waals surface area contributed by atoms with Crippen LogP contribution in [0.3, 0.4) is 0 Å². The first kappa shape index (κ1) is 15.4. The van der Waals surface area contributed by atoms with E-state index in [1.807, 2.05) is 20.8 Å². The number of nitrogens with two attached hydrogens (primary N) is 1. The van der Waals surface area contributed by atoms with Gasteiger partial charge in [-0.1, -0.05) is 0 Å². The van der Waals surface area contributed by atoms with Gasteiger partial charge in [-0.3, -0.25) is 0 Å². The maximum absolute atomic E-state index is 12.1. The first-order chi connectivity index (χ1) is 9.85. The minimum absolute atomic E-state index is 0.0393. The molecule has 1 amide bonds. The van der Waals surface area contributed by atoms with E-state index in [-0.39, 0.29) is 12.1 Å². The Morgan fingerprint density at radius 2 is 2.24 bits per heavy atom. The molecule has 0 bridgehead atoms. The summed E-state index contributed by atoms with van der Waals surface area (Å²) in [5, 5.41) is 0. The molecule has 1 saturated heterocycles. The van der Waals surface area contributed by atoms with Crippen LogP contribution in [-0.4, -0.2) is 40.8 Å². The number of ether oxygens (including phenoxy) is 2. The van der Waals surface area contributed by atoms with Crippen molar-refractivity contribution in [3.05, 3.63) is 18.3 Å². The van der Waals surface area contributed by atoms with Gasteiger partial charge in [0.2, 0.25) is 0 Å². The number of carbonyl (C=O) groups is 1. The summed E-state index contributed by atoms with van der Waals surface area (Å²) in [6.45, 7) is 6.75. The van der Waals surface area contributed by atoms with E-state index in [0.29, 0.717) is 24.7 Å². The van der Waals surface area contributed by atoms with Crippen LogP contribution in [0.4, 0.5) is 10.6 Å². The summed E-state index contributed by atoms with van der Waals surface area (Å²) in [5.41, 5.74) is 5.05. The molecule has 6 nitrogen and oxygen atoms in total. The average Bonchev–Trinajstić information content (AvgIpc) is 2.84. The van der Waals surface area contributed by atoms with Gasteiger partial charge in [-0.05, 0) is 45.7 Å². The average molecular weight is 293 g/mol. The maximum Gasteiger partial charge on any atom is 0.410 e. The number of nitrogens with zero attached hydrogens (tertiary/aromatic N) is 2. The molecule has 1 aromatic rings. The number of aromatic nitrogens is 1.